The molecule has 2 unspecified atom stereocenters. The molecule has 196 valence electrons. The van der Waals surface area contributed by atoms with E-state index in [0.29, 0.717) is 24.1 Å². The number of alkyl halides is 3. The number of hydrogen-bond donors (Lipinski definition) is 1. The first-order valence-electron chi connectivity index (χ1n) is 11.3. The van der Waals surface area contributed by atoms with Gasteiger partial charge < -0.3 is 10.1 Å². The minimum absolute atomic E-state index is 0.00307. The summed E-state index contributed by atoms with van der Waals surface area (Å²) in [4.78, 5) is 24.3. The average molecular weight is 540 g/mol. The number of amides is 1. The number of halogens is 4. The number of imidazole rings is 1. The first-order valence-corrected chi connectivity index (χ1v) is 13.0. The van der Waals surface area contributed by atoms with Crippen molar-refractivity contribution in [1.82, 2.24) is 19.5 Å². The van der Waals surface area contributed by atoms with Crippen molar-refractivity contribution in [1.29, 1.82) is 0 Å². The van der Waals surface area contributed by atoms with Crippen LogP contribution in [0.3, 0.4) is 0 Å². The molecule has 0 aliphatic carbocycles. The highest BCUT2D eigenvalue weighted by Gasteiger charge is 2.46. The van der Waals surface area contributed by atoms with Crippen molar-refractivity contribution < 1.29 is 35.5 Å². The number of aromatic nitrogens is 4. The summed E-state index contributed by atoms with van der Waals surface area (Å²) >= 11 is 0. The molecule has 37 heavy (non-hydrogen) atoms. The van der Waals surface area contributed by atoms with Gasteiger partial charge in [-0.1, -0.05) is 6.07 Å². The Hall–Kier alpha value is -3.55. The third-order valence-corrected chi connectivity index (χ3v) is 9.28. The van der Waals surface area contributed by atoms with Gasteiger partial charge in [0.2, 0.25) is 5.88 Å². The van der Waals surface area contributed by atoms with Crippen molar-refractivity contribution in [2.75, 3.05) is 11.1 Å². The summed E-state index contributed by atoms with van der Waals surface area (Å²) in [5.74, 6) is -1.86. The van der Waals surface area contributed by atoms with E-state index in [4.69, 9.17) is 4.74 Å². The summed E-state index contributed by atoms with van der Waals surface area (Å²) < 4.78 is 84.2. The van der Waals surface area contributed by atoms with E-state index in [1.165, 1.54) is 29.4 Å². The number of fused-ring (bicyclic) bond motifs is 1. The maximum atomic E-state index is 14.9. The minimum Gasteiger partial charge on any atom is -0.464 e. The molecule has 5 heterocycles. The predicted molar refractivity (Wildman–Crippen MR) is 122 cm³/mol. The number of anilines is 1. The molecule has 0 saturated carbocycles. The lowest BCUT2D eigenvalue weighted by molar-refractivity contribution is -0.141. The van der Waals surface area contributed by atoms with E-state index >= 15 is 0 Å². The number of nitrogens with one attached hydrogen (secondary N) is 1. The molecule has 0 aromatic carbocycles. The number of hydrogen-bond acceptors (Lipinski definition) is 7. The largest absolute Gasteiger partial charge is 0.464 e. The molecular formula is C23H21F4N5O4S. The van der Waals surface area contributed by atoms with Crippen LogP contribution in [0.25, 0.3) is 5.82 Å². The van der Waals surface area contributed by atoms with E-state index in [9.17, 15) is 30.8 Å². The monoisotopic (exact) mass is 539 g/mol. The highest BCUT2D eigenvalue weighted by molar-refractivity contribution is 7.92. The van der Waals surface area contributed by atoms with Gasteiger partial charge in [-0.3, -0.25) is 9.36 Å². The number of aryl methyl sites for hydroxylation is 1. The number of nitrogens with zero attached hydrogens (tertiary/aromatic N) is 4. The number of pyridine rings is 2. The Bertz CT molecular complexity index is 1490. The molecule has 9 nitrogen and oxygen atoms in total. The minimum atomic E-state index is -4.66. The molecule has 5 rings (SSSR count). The summed E-state index contributed by atoms with van der Waals surface area (Å²) in [5, 5.41) is 2.45. The van der Waals surface area contributed by atoms with Crippen LogP contribution in [-0.2, 0) is 32.0 Å². The molecule has 0 bridgehead atoms. The van der Waals surface area contributed by atoms with E-state index in [0.717, 1.165) is 12.1 Å². The van der Waals surface area contributed by atoms with Crippen LogP contribution in [0.1, 0.15) is 43.1 Å². The number of sulfone groups is 1. The van der Waals surface area contributed by atoms with Crippen molar-refractivity contribution in [3.05, 3.63) is 59.7 Å². The highest BCUT2D eigenvalue weighted by atomic mass is 32.2. The van der Waals surface area contributed by atoms with Gasteiger partial charge in [0, 0.05) is 17.8 Å². The zero-order chi connectivity index (χ0) is 26.6. The molecule has 2 aliphatic rings. The lowest BCUT2D eigenvalue weighted by atomic mass is 10.0. The zero-order valence-corrected chi connectivity index (χ0v) is 20.2. The maximum Gasteiger partial charge on any atom is 0.433 e. The molecule has 1 N–H and O–H groups in total. The second kappa shape index (κ2) is 8.78. The molecule has 2 atom stereocenters. The quantitative estimate of drug-likeness (QED) is 0.504. The van der Waals surface area contributed by atoms with Gasteiger partial charge in [0.05, 0.1) is 23.3 Å². The topological polar surface area (TPSA) is 116 Å². The Kier molecular flexibility index (Phi) is 5.96. The van der Waals surface area contributed by atoms with Crippen LogP contribution in [-0.4, -0.2) is 45.7 Å². The Morgan fingerprint density at radius 3 is 2.73 bits per heavy atom. The lowest BCUT2D eigenvalue weighted by Crippen LogP contribution is -2.36. The van der Waals surface area contributed by atoms with Crippen LogP contribution < -0.4 is 10.1 Å². The molecule has 0 radical (unpaired) electrons. The van der Waals surface area contributed by atoms with Crippen molar-refractivity contribution in [3.63, 3.8) is 0 Å². The molecule has 1 amide bonds. The van der Waals surface area contributed by atoms with Gasteiger partial charge in [-0.05, 0) is 38.7 Å². The summed E-state index contributed by atoms with van der Waals surface area (Å²) in [5.41, 5.74) is -0.381. The van der Waals surface area contributed by atoms with Gasteiger partial charge in [0.15, 0.2) is 27.6 Å². The van der Waals surface area contributed by atoms with Crippen LogP contribution in [0.2, 0.25) is 0 Å². The van der Waals surface area contributed by atoms with Crippen LogP contribution >= 0.6 is 0 Å². The third-order valence-electron chi connectivity index (χ3n) is 6.66. The third kappa shape index (κ3) is 4.54. The standard InChI is InChI=1S/C23H21F4N5O4S/c1-22(7-2-8-37(22,34)35)18-11-32(12-29-18)19-15(24)9-14(10-28-19)30-20(33)16-5-3-13-4-6-17(23(25,26)27)31-21(13)36-16/h4,6,9-12,16H,2-3,5,7-8H2,1H3,(H,30,33). The molecular weight excluding hydrogens is 518 g/mol. The Morgan fingerprint density at radius 2 is 2.05 bits per heavy atom. The van der Waals surface area contributed by atoms with Crippen LogP contribution in [0.5, 0.6) is 5.88 Å². The van der Waals surface area contributed by atoms with Crippen LogP contribution in [0.4, 0.5) is 23.2 Å². The van der Waals surface area contributed by atoms with Gasteiger partial charge in [-0.25, -0.2) is 27.8 Å². The fourth-order valence-electron chi connectivity index (χ4n) is 4.48. The highest BCUT2D eigenvalue weighted by Crippen LogP contribution is 2.40. The Balaban J connectivity index is 1.30. The molecule has 3 aromatic rings. The summed E-state index contributed by atoms with van der Waals surface area (Å²) in [6.07, 6.45) is -0.498. The number of carbonyl (C=O) groups excluding carboxylic acids is 1. The summed E-state index contributed by atoms with van der Waals surface area (Å²) in [7, 11) is -3.39. The Labute approximate surface area is 208 Å². The van der Waals surface area contributed by atoms with E-state index < -0.39 is 44.3 Å². The van der Waals surface area contributed by atoms with Gasteiger partial charge >= 0.3 is 6.18 Å². The molecule has 2 aliphatic heterocycles. The summed E-state index contributed by atoms with van der Waals surface area (Å²) in [6, 6.07) is 3.14. The SMILES string of the molecule is CC1(c2cn(-c3ncc(NC(=O)C4CCc5ccc(C(F)(F)F)nc5O4)cc3F)cn2)CCCS1(=O)=O. The summed E-state index contributed by atoms with van der Waals surface area (Å²) in [6.45, 7) is 1.59. The van der Waals surface area contributed by atoms with E-state index in [2.05, 4.69) is 20.3 Å². The molecule has 1 fully saturated rings. The molecule has 0 spiro atoms. The maximum absolute atomic E-state index is 14.9. The zero-order valence-electron chi connectivity index (χ0n) is 19.4. The smallest absolute Gasteiger partial charge is 0.433 e. The van der Waals surface area contributed by atoms with Crippen LogP contribution in [0.15, 0.2) is 36.9 Å². The normalized spacial score (nSPS) is 22.8. The van der Waals surface area contributed by atoms with Crippen molar-refractivity contribution in [2.45, 2.75) is 49.6 Å². The van der Waals surface area contributed by atoms with Gasteiger partial charge in [0.1, 0.15) is 16.8 Å². The van der Waals surface area contributed by atoms with Gasteiger partial charge in [-0.15, -0.1) is 0 Å². The first-order chi connectivity index (χ1) is 17.4. The number of carbonyl (C=O) groups is 1. The van der Waals surface area contributed by atoms with Crippen molar-refractivity contribution in [2.24, 2.45) is 0 Å². The number of rotatable bonds is 4. The second-order valence-electron chi connectivity index (χ2n) is 9.14. The lowest BCUT2D eigenvalue weighted by Gasteiger charge is -2.25. The Morgan fingerprint density at radius 1 is 1.27 bits per heavy atom. The van der Waals surface area contributed by atoms with E-state index in [1.807, 2.05) is 0 Å². The molecule has 14 heteroatoms. The fourth-order valence-corrected chi connectivity index (χ4v) is 6.33. The predicted octanol–water partition coefficient (Wildman–Crippen LogP) is 3.58. The van der Waals surface area contributed by atoms with Gasteiger partial charge in [0.25, 0.3) is 5.91 Å². The molecule has 1 saturated heterocycles. The van der Waals surface area contributed by atoms with Crippen LogP contribution in [0, 0.1) is 5.82 Å². The van der Waals surface area contributed by atoms with Gasteiger partial charge in [-0.2, -0.15) is 13.2 Å². The average Bonchev–Trinajstić information content (AvgIpc) is 3.43. The number of ether oxygens (including phenoxy) is 1. The van der Waals surface area contributed by atoms with E-state index in [1.54, 1.807) is 6.92 Å². The van der Waals surface area contributed by atoms with Crippen molar-refractivity contribution >= 4 is 21.4 Å². The fraction of sp³-hybridized carbons (Fsp3) is 0.391. The second-order valence-corrected chi connectivity index (χ2v) is 11.7. The van der Waals surface area contributed by atoms with E-state index in [-0.39, 0.29) is 36.0 Å². The van der Waals surface area contributed by atoms with Crippen molar-refractivity contribution in [3.8, 4) is 11.7 Å². The first kappa shape index (κ1) is 25.1. The molecule has 3 aromatic heterocycles.